The number of carbonyl (C=O) groups excluding carboxylic acids is 3. The molecule has 1 aliphatic carbocycles. The first kappa shape index (κ1) is 24.9. The maximum atomic E-state index is 15.4. The van der Waals surface area contributed by atoms with E-state index in [1.165, 1.54) is 6.92 Å². The molecule has 1 aromatic heterocycles. The highest BCUT2D eigenvalue weighted by molar-refractivity contribution is 7.91. The van der Waals surface area contributed by atoms with Crippen LogP contribution in [0.2, 0.25) is 0 Å². The van der Waals surface area contributed by atoms with Crippen LogP contribution >= 0.6 is 11.3 Å². The molecule has 0 radical (unpaired) electrons. The summed E-state index contributed by atoms with van der Waals surface area (Å²) >= 11 is 0.919. The Morgan fingerprint density at radius 2 is 1.83 bits per heavy atom. The highest BCUT2D eigenvalue weighted by atomic mass is 32.2. The fourth-order valence-electron chi connectivity index (χ4n) is 3.73. The molecule has 0 saturated heterocycles. The van der Waals surface area contributed by atoms with Gasteiger partial charge in [-0.15, -0.1) is 11.3 Å². The van der Waals surface area contributed by atoms with E-state index < -0.39 is 26.8 Å². The van der Waals surface area contributed by atoms with E-state index in [2.05, 4.69) is 15.6 Å². The molecule has 0 bridgehead atoms. The summed E-state index contributed by atoms with van der Waals surface area (Å²) in [7, 11) is -3.95. The zero-order valence-corrected chi connectivity index (χ0v) is 20.8. The van der Waals surface area contributed by atoms with E-state index in [0.717, 1.165) is 30.4 Å². The predicted octanol–water partition coefficient (Wildman–Crippen LogP) is 3.63. The number of hydrogen-bond acceptors (Lipinski definition) is 7. The summed E-state index contributed by atoms with van der Waals surface area (Å²) in [5.41, 5.74) is 1.31. The number of anilines is 1. The van der Waals surface area contributed by atoms with Crippen LogP contribution in [0, 0.1) is 11.7 Å². The third-order valence-corrected chi connectivity index (χ3v) is 8.12. The molecule has 1 fully saturated rings. The highest BCUT2D eigenvalue weighted by Gasteiger charge is 2.35. The smallest absolute Gasteiger partial charge is 0.245 e. The van der Waals surface area contributed by atoms with Crippen molar-refractivity contribution in [3.8, 4) is 11.1 Å². The highest BCUT2D eigenvalue weighted by Crippen LogP contribution is 2.36. The van der Waals surface area contributed by atoms with Crippen LogP contribution < -0.4 is 10.6 Å². The predicted molar refractivity (Wildman–Crippen MR) is 132 cm³/mol. The van der Waals surface area contributed by atoms with Crippen molar-refractivity contribution >= 4 is 54.7 Å². The molecule has 184 valence electrons. The van der Waals surface area contributed by atoms with E-state index in [9.17, 15) is 22.8 Å². The molecule has 1 aliphatic rings. The van der Waals surface area contributed by atoms with Crippen molar-refractivity contribution in [2.75, 3.05) is 18.1 Å². The van der Waals surface area contributed by atoms with Gasteiger partial charge >= 0.3 is 0 Å². The minimum absolute atomic E-state index is 0.0419. The molecule has 2 N–H and O–H groups in total. The van der Waals surface area contributed by atoms with Crippen molar-refractivity contribution in [1.82, 2.24) is 10.3 Å². The molecule has 11 heteroatoms. The van der Waals surface area contributed by atoms with Crippen LogP contribution in [0.15, 0.2) is 36.4 Å². The van der Waals surface area contributed by atoms with E-state index in [1.807, 2.05) is 0 Å². The number of Topliss-reactive ketones (excluding diaryl/α,β-unsaturated/α-hetero) is 1. The topological polar surface area (TPSA) is 122 Å². The van der Waals surface area contributed by atoms with Gasteiger partial charge in [0.2, 0.25) is 11.8 Å². The maximum absolute atomic E-state index is 15.4. The summed E-state index contributed by atoms with van der Waals surface area (Å²) < 4.78 is 40.7. The number of hydrogen-bond donors (Lipinski definition) is 2. The van der Waals surface area contributed by atoms with Gasteiger partial charge < -0.3 is 10.6 Å². The minimum atomic E-state index is -3.95. The molecule has 35 heavy (non-hydrogen) atoms. The molecule has 2 amide bonds. The molecule has 8 nitrogen and oxygen atoms in total. The fraction of sp³-hybridized carbons (Fsp3) is 0.333. The van der Waals surface area contributed by atoms with Crippen molar-refractivity contribution in [3.05, 3.63) is 47.2 Å². The molecular weight excluding hydrogens is 493 g/mol. The number of thiazole rings is 1. The lowest BCUT2D eigenvalue weighted by Crippen LogP contribution is -2.36. The van der Waals surface area contributed by atoms with E-state index in [4.69, 9.17) is 0 Å². The lowest BCUT2D eigenvalue weighted by Gasteiger charge is -2.12. The molecule has 0 aliphatic heterocycles. The molecule has 1 saturated carbocycles. The molecule has 0 spiro atoms. The lowest BCUT2D eigenvalue weighted by atomic mass is 10.0. The quantitative estimate of drug-likeness (QED) is 0.447. The number of amides is 2. The molecule has 1 unspecified atom stereocenters. The molecule has 1 heterocycles. The van der Waals surface area contributed by atoms with Crippen molar-refractivity contribution in [3.63, 3.8) is 0 Å². The molecule has 1 atom stereocenters. The number of nitrogens with zero attached hydrogens (tertiary/aromatic N) is 1. The summed E-state index contributed by atoms with van der Waals surface area (Å²) in [5.74, 6) is -1.53. The van der Waals surface area contributed by atoms with Crippen molar-refractivity contribution in [2.24, 2.45) is 5.92 Å². The zero-order chi connectivity index (χ0) is 25.3. The first-order valence-electron chi connectivity index (χ1n) is 11.0. The number of rotatable bonds is 9. The van der Waals surface area contributed by atoms with Crippen LogP contribution in [0.4, 0.5) is 10.1 Å². The Balaban J connectivity index is 1.61. The number of benzene rings is 2. The number of ketones is 1. The average Bonchev–Trinajstić information content (AvgIpc) is 3.48. The molecule has 3 aromatic rings. The lowest BCUT2D eigenvalue weighted by molar-refractivity contribution is -0.125. The zero-order valence-electron chi connectivity index (χ0n) is 19.1. The van der Waals surface area contributed by atoms with Crippen molar-refractivity contribution in [2.45, 2.75) is 31.4 Å². The van der Waals surface area contributed by atoms with Crippen LogP contribution in [0.5, 0.6) is 0 Å². The van der Waals surface area contributed by atoms with Crippen LogP contribution in [0.3, 0.4) is 0 Å². The fourth-order valence-corrected chi connectivity index (χ4v) is 6.24. The second-order valence-electron chi connectivity index (χ2n) is 8.70. The van der Waals surface area contributed by atoms with Crippen LogP contribution in [-0.2, 0) is 24.2 Å². The summed E-state index contributed by atoms with van der Waals surface area (Å²) in [6.45, 7) is 1.14. The van der Waals surface area contributed by atoms with Gasteiger partial charge in [0.25, 0.3) is 0 Å². The minimum Gasteiger partial charge on any atom is -0.348 e. The van der Waals surface area contributed by atoms with Crippen LogP contribution in [0.25, 0.3) is 21.3 Å². The van der Waals surface area contributed by atoms with Crippen molar-refractivity contribution < 1.29 is 27.2 Å². The Morgan fingerprint density at radius 3 is 2.43 bits per heavy atom. The number of nitrogens with one attached hydrogen (secondary N) is 2. The van der Waals surface area contributed by atoms with Gasteiger partial charge in [0.05, 0.1) is 11.2 Å². The Kier molecular flexibility index (Phi) is 7.00. The van der Waals surface area contributed by atoms with Crippen LogP contribution in [-0.4, -0.2) is 43.8 Å². The normalized spacial score (nSPS) is 14.5. The van der Waals surface area contributed by atoms with E-state index >= 15 is 4.39 Å². The SMILES string of the molecule is CC(=O)Nc1ccc(-c2ccc3sc(C(C(=O)NCC(=O)CC4CC4)S(C)(=O)=O)nc3c2F)cc1. The standard InChI is InChI=1S/C24H24FN3O5S2/c1-13(29)27-16-7-5-15(6-8-16)18-9-10-19-21(20(18)25)28-24(34-19)22(35(2,32)33)23(31)26-12-17(30)11-14-3-4-14/h5-10,14,22H,3-4,11-12H2,1-2H3,(H,26,31)(H,27,29). The molecule has 4 rings (SSSR count). The summed E-state index contributed by atoms with van der Waals surface area (Å²) in [6.07, 6.45) is 3.26. The Hall–Kier alpha value is -3.18. The second kappa shape index (κ2) is 9.82. The summed E-state index contributed by atoms with van der Waals surface area (Å²) in [6, 6.07) is 9.75. The van der Waals surface area contributed by atoms with Gasteiger partial charge in [-0.05, 0) is 48.6 Å². The monoisotopic (exact) mass is 517 g/mol. The van der Waals surface area contributed by atoms with Gasteiger partial charge in [0.15, 0.2) is 26.7 Å². The first-order valence-corrected chi connectivity index (χ1v) is 13.7. The van der Waals surface area contributed by atoms with Gasteiger partial charge in [0, 0.05) is 30.9 Å². The van der Waals surface area contributed by atoms with Gasteiger partial charge in [-0.2, -0.15) is 0 Å². The van der Waals surface area contributed by atoms with Gasteiger partial charge in [-0.1, -0.05) is 12.1 Å². The summed E-state index contributed by atoms with van der Waals surface area (Å²) in [4.78, 5) is 40.1. The Morgan fingerprint density at radius 1 is 1.14 bits per heavy atom. The molecule has 2 aromatic carbocycles. The van der Waals surface area contributed by atoms with Gasteiger partial charge in [-0.25, -0.2) is 17.8 Å². The second-order valence-corrected chi connectivity index (χ2v) is 11.9. The Labute approximate surface area is 205 Å². The third-order valence-electron chi connectivity index (χ3n) is 5.60. The summed E-state index contributed by atoms with van der Waals surface area (Å²) in [5, 5.41) is 3.34. The van der Waals surface area contributed by atoms with Crippen LogP contribution in [0.1, 0.15) is 36.4 Å². The number of sulfone groups is 1. The number of fused-ring (bicyclic) bond motifs is 1. The number of aromatic nitrogens is 1. The van der Waals surface area contributed by atoms with E-state index in [1.54, 1.807) is 36.4 Å². The van der Waals surface area contributed by atoms with Gasteiger partial charge in [0.1, 0.15) is 10.5 Å². The average molecular weight is 518 g/mol. The first-order chi connectivity index (χ1) is 16.5. The number of halogens is 1. The third kappa shape index (κ3) is 5.91. The number of carbonyl (C=O) groups is 3. The van der Waals surface area contributed by atoms with E-state index in [0.29, 0.717) is 28.3 Å². The van der Waals surface area contributed by atoms with Crippen molar-refractivity contribution in [1.29, 1.82) is 0 Å². The van der Waals surface area contributed by atoms with E-state index in [-0.39, 0.29) is 34.3 Å². The largest absolute Gasteiger partial charge is 0.348 e. The van der Waals surface area contributed by atoms with Gasteiger partial charge in [-0.3, -0.25) is 14.4 Å². The Bertz CT molecular complexity index is 1410. The maximum Gasteiger partial charge on any atom is 0.245 e. The molecular formula is C24H24FN3O5S2.